The summed E-state index contributed by atoms with van der Waals surface area (Å²) in [7, 11) is 0. The van der Waals surface area contributed by atoms with E-state index in [-0.39, 0.29) is 11.1 Å². The fourth-order valence-corrected chi connectivity index (χ4v) is 4.45. The van der Waals surface area contributed by atoms with Gasteiger partial charge in [-0.2, -0.15) is 0 Å². The van der Waals surface area contributed by atoms with Gasteiger partial charge in [-0.3, -0.25) is 4.90 Å². The zero-order chi connectivity index (χ0) is 21.5. The second kappa shape index (κ2) is 8.11. The molecule has 31 heavy (non-hydrogen) atoms. The van der Waals surface area contributed by atoms with E-state index >= 15 is 0 Å². The Hall–Kier alpha value is -2.67. The van der Waals surface area contributed by atoms with Crippen LogP contribution in [0, 0.1) is 12.7 Å². The van der Waals surface area contributed by atoms with Crippen molar-refractivity contribution in [3.05, 3.63) is 81.7 Å². The van der Waals surface area contributed by atoms with E-state index in [4.69, 9.17) is 27.9 Å². The van der Waals surface area contributed by atoms with E-state index in [1.807, 2.05) is 29.8 Å². The molecule has 3 heterocycles. The first kappa shape index (κ1) is 20.2. The molecule has 5 nitrogen and oxygen atoms in total. The largest absolute Gasteiger partial charge is 0.490 e. The summed E-state index contributed by atoms with van der Waals surface area (Å²) in [6, 6.07) is 10.6. The highest BCUT2D eigenvalue weighted by molar-refractivity contribution is 6.32. The van der Waals surface area contributed by atoms with Gasteiger partial charge in [0, 0.05) is 59.9 Å². The molecule has 0 fully saturated rings. The lowest BCUT2D eigenvalue weighted by Gasteiger charge is -2.20. The van der Waals surface area contributed by atoms with E-state index in [0.29, 0.717) is 30.5 Å². The molecular formula is C23H19Cl2FN4O. The van der Waals surface area contributed by atoms with Crippen molar-refractivity contribution in [3.8, 4) is 11.4 Å². The minimum atomic E-state index is -0.254. The maximum atomic E-state index is 13.6. The molecule has 5 rings (SSSR count). The number of halogens is 3. The summed E-state index contributed by atoms with van der Waals surface area (Å²) in [6.45, 7) is 4.55. The third kappa shape index (κ3) is 3.99. The van der Waals surface area contributed by atoms with Crippen LogP contribution in [0.5, 0.6) is 5.75 Å². The molecule has 0 atom stereocenters. The van der Waals surface area contributed by atoms with Gasteiger partial charge in [-0.15, -0.1) is 0 Å². The number of ether oxygens (including phenoxy) is 1. The number of benzene rings is 2. The van der Waals surface area contributed by atoms with Gasteiger partial charge < -0.3 is 9.30 Å². The van der Waals surface area contributed by atoms with E-state index in [1.54, 1.807) is 12.3 Å². The van der Waals surface area contributed by atoms with Gasteiger partial charge in [0.05, 0.1) is 10.5 Å². The number of nitrogens with zero attached hydrogens (tertiary/aromatic N) is 4. The SMILES string of the molecule is Cc1nc(Cl)ncc1CN1CCOc2c(Cl)cc(-n3ccc4cc(F)ccc43)cc2C1. The molecule has 2 aromatic carbocycles. The van der Waals surface area contributed by atoms with Crippen LogP contribution in [0.15, 0.2) is 48.8 Å². The lowest BCUT2D eigenvalue weighted by atomic mass is 10.1. The van der Waals surface area contributed by atoms with Crippen molar-refractivity contribution in [1.82, 2.24) is 19.4 Å². The van der Waals surface area contributed by atoms with E-state index in [0.717, 1.165) is 40.0 Å². The van der Waals surface area contributed by atoms with Crippen LogP contribution in [0.4, 0.5) is 4.39 Å². The van der Waals surface area contributed by atoms with Crippen molar-refractivity contribution >= 4 is 34.1 Å². The highest BCUT2D eigenvalue weighted by Crippen LogP contribution is 2.35. The van der Waals surface area contributed by atoms with Gasteiger partial charge in [0.1, 0.15) is 18.2 Å². The topological polar surface area (TPSA) is 43.2 Å². The number of aromatic nitrogens is 3. The molecule has 0 saturated carbocycles. The van der Waals surface area contributed by atoms with Crippen LogP contribution >= 0.6 is 23.2 Å². The van der Waals surface area contributed by atoms with E-state index in [2.05, 4.69) is 20.9 Å². The Morgan fingerprint density at radius 3 is 2.87 bits per heavy atom. The summed E-state index contributed by atoms with van der Waals surface area (Å²) in [5, 5.41) is 1.65. The second-order valence-corrected chi connectivity index (χ2v) is 8.36. The highest BCUT2D eigenvalue weighted by Gasteiger charge is 2.21. The minimum absolute atomic E-state index is 0.251. The Balaban J connectivity index is 1.49. The van der Waals surface area contributed by atoms with Crippen molar-refractivity contribution < 1.29 is 9.13 Å². The molecule has 0 amide bonds. The molecule has 0 bridgehead atoms. The molecule has 0 radical (unpaired) electrons. The highest BCUT2D eigenvalue weighted by atomic mass is 35.5. The average Bonchev–Trinajstić information content (AvgIpc) is 3.03. The molecule has 1 aliphatic rings. The normalized spacial score (nSPS) is 14.3. The van der Waals surface area contributed by atoms with Crippen LogP contribution in [-0.4, -0.2) is 32.6 Å². The quantitative estimate of drug-likeness (QED) is 0.378. The molecule has 0 aliphatic carbocycles. The second-order valence-electron chi connectivity index (χ2n) is 7.61. The molecule has 0 spiro atoms. The van der Waals surface area contributed by atoms with Crippen molar-refractivity contribution in [2.24, 2.45) is 0 Å². The van der Waals surface area contributed by atoms with Gasteiger partial charge in [0.2, 0.25) is 5.28 Å². The van der Waals surface area contributed by atoms with E-state index < -0.39 is 0 Å². The summed E-state index contributed by atoms with van der Waals surface area (Å²) in [5.74, 6) is 0.454. The van der Waals surface area contributed by atoms with Crippen molar-refractivity contribution in [3.63, 3.8) is 0 Å². The third-order valence-corrected chi connectivity index (χ3v) is 5.99. The minimum Gasteiger partial charge on any atom is -0.490 e. The first-order valence-corrected chi connectivity index (χ1v) is 10.7. The molecule has 4 aromatic rings. The van der Waals surface area contributed by atoms with Crippen molar-refractivity contribution in [2.75, 3.05) is 13.2 Å². The summed E-state index contributed by atoms with van der Waals surface area (Å²) < 4.78 is 21.6. The third-order valence-electron chi connectivity index (χ3n) is 5.53. The maximum Gasteiger partial charge on any atom is 0.222 e. The summed E-state index contributed by atoms with van der Waals surface area (Å²) in [5.41, 5.74) is 4.70. The number of fused-ring (bicyclic) bond motifs is 2. The van der Waals surface area contributed by atoms with Crippen LogP contribution < -0.4 is 4.74 Å². The average molecular weight is 457 g/mol. The predicted octanol–water partition coefficient (Wildman–Crippen LogP) is 5.57. The maximum absolute atomic E-state index is 13.6. The Morgan fingerprint density at radius 1 is 1.16 bits per heavy atom. The predicted molar refractivity (Wildman–Crippen MR) is 120 cm³/mol. The number of aryl methyl sites for hydroxylation is 1. The number of hydrogen-bond acceptors (Lipinski definition) is 4. The molecule has 0 saturated heterocycles. The van der Waals surface area contributed by atoms with Crippen LogP contribution in [-0.2, 0) is 13.1 Å². The van der Waals surface area contributed by atoms with Crippen LogP contribution in [0.2, 0.25) is 10.3 Å². The zero-order valence-corrected chi connectivity index (χ0v) is 18.3. The summed E-state index contributed by atoms with van der Waals surface area (Å²) in [4.78, 5) is 10.6. The van der Waals surface area contributed by atoms with Crippen LogP contribution in [0.3, 0.4) is 0 Å². The van der Waals surface area contributed by atoms with Gasteiger partial charge in [-0.05, 0) is 54.9 Å². The van der Waals surface area contributed by atoms with Crippen molar-refractivity contribution in [2.45, 2.75) is 20.0 Å². The molecule has 158 valence electrons. The Kier molecular flexibility index (Phi) is 5.30. The fourth-order valence-electron chi connectivity index (χ4n) is 3.98. The molecule has 8 heteroatoms. The standard InChI is InChI=1S/C23H19Cl2FN4O/c1-14-17(11-27-23(25)28-14)13-29-6-7-31-22-16(12-29)9-19(10-20(22)24)30-5-4-15-8-18(26)2-3-21(15)30/h2-5,8-11H,6-7,12-13H2,1H3. The summed E-state index contributed by atoms with van der Waals surface area (Å²) >= 11 is 12.5. The van der Waals surface area contributed by atoms with Gasteiger partial charge >= 0.3 is 0 Å². The van der Waals surface area contributed by atoms with Gasteiger partial charge in [-0.1, -0.05) is 11.6 Å². The van der Waals surface area contributed by atoms with Crippen molar-refractivity contribution in [1.29, 1.82) is 0 Å². The van der Waals surface area contributed by atoms with E-state index in [1.165, 1.54) is 12.1 Å². The van der Waals surface area contributed by atoms with E-state index in [9.17, 15) is 4.39 Å². The zero-order valence-electron chi connectivity index (χ0n) is 16.8. The van der Waals surface area contributed by atoms with Gasteiger partial charge in [0.15, 0.2) is 0 Å². The lowest BCUT2D eigenvalue weighted by Crippen LogP contribution is -2.26. The van der Waals surface area contributed by atoms with Gasteiger partial charge in [0.25, 0.3) is 0 Å². The molecule has 0 unspecified atom stereocenters. The number of rotatable bonds is 3. The molecular weight excluding hydrogens is 438 g/mol. The van der Waals surface area contributed by atoms with Gasteiger partial charge in [-0.25, -0.2) is 14.4 Å². The van der Waals surface area contributed by atoms with Crippen LogP contribution in [0.25, 0.3) is 16.6 Å². The Morgan fingerprint density at radius 2 is 2.03 bits per heavy atom. The molecule has 0 N–H and O–H groups in total. The van der Waals surface area contributed by atoms with Crippen LogP contribution in [0.1, 0.15) is 16.8 Å². The monoisotopic (exact) mass is 456 g/mol. The number of hydrogen-bond donors (Lipinski definition) is 0. The molecule has 2 aromatic heterocycles. The molecule has 1 aliphatic heterocycles. The fraction of sp³-hybridized carbons (Fsp3) is 0.217. The smallest absolute Gasteiger partial charge is 0.222 e. The first-order chi connectivity index (χ1) is 15.0. The lowest BCUT2D eigenvalue weighted by molar-refractivity contribution is 0.219. The Labute approximate surface area is 189 Å². The Bertz CT molecular complexity index is 1290. The summed E-state index contributed by atoms with van der Waals surface area (Å²) in [6.07, 6.45) is 3.69. The first-order valence-electron chi connectivity index (χ1n) is 9.90.